The van der Waals surface area contributed by atoms with Crippen molar-refractivity contribution < 1.29 is 9.69 Å². The van der Waals surface area contributed by atoms with Crippen LogP contribution in [-0.2, 0) is 11.3 Å². The summed E-state index contributed by atoms with van der Waals surface area (Å²) in [6, 6.07) is 23.8. The fraction of sp³-hybridized carbons (Fsp3) is 0.143. The van der Waals surface area contributed by atoms with E-state index in [1.165, 1.54) is 16.3 Å². The minimum Gasteiger partial charge on any atom is -0.326 e. The molecule has 0 spiro atoms. The fourth-order valence-electron chi connectivity index (χ4n) is 2.92. The first-order valence-corrected chi connectivity index (χ1v) is 8.23. The molecular formula is C21H20N3O+. The number of quaternary nitrogens is 1. The molecule has 1 atom stereocenters. The number of hydrogen-bond donors (Lipinski definition) is 2. The first-order chi connectivity index (χ1) is 12.2. The summed E-state index contributed by atoms with van der Waals surface area (Å²) >= 11 is 0. The predicted octanol–water partition coefficient (Wildman–Crippen LogP) is 2.36. The largest absolute Gasteiger partial charge is 0.326 e. The summed E-state index contributed by atoms with van der Waals surface area (Å²) in [6.07, 6.45) is 0. The van der Waals surface area contributed by atoms with Crippen LogP contribution in [0.5, 0.6) is 0 Å². The summed E-state index contributed by atoms with van der Waals surface area (Å²) in [7, 11) is 1.99. The highest BCUT2D eigenvalue weighted by Gasteiger charge is 2.12. The van der Waals surface area contributed by atoms with Crippen LogP contribution < -0.4 is 10.2 Å². The summed E-state index contributed by atoms with van der Waals surface area (Å²) in [5, 5.41) is 14.3. The molecule has 25 heavy (non-hydrogen) atoms. The molecule has 4 nitrogen and oxygen atoms in total. The zero-order chi connectivity index (χ0) is 17.6. The molecule has 1 amide bonds. The summed E-state index contributed by atoms with van der Waals surface area (Å²) in [6.45, 7) is 1.10. The van der Waals surface area contributed by atoms with E-state index in [0.29, 0.717) is 17.8 Å². The lowest BCUT2D eigenvalue weighted by molar-refractivity contribution is -0.885. The van der Waals surface area contributed by atoms with Crippen LogP contribution in [0, 0.1) is 11.3 Å². The van der Waals surface area contributed by atoms with Gasteiger partial charge in [0.15, 0.2) is 6.54 Å². The molecule has 0 saturated heterocycles. The van der Waals surface area contributed by atoms with Crippen molar-refractivity contribution in [1.29, 1.82) is 5.26 Å². The van der Waals surface area contributed by atoms with Crippen LogP contribution in [-0.4, -0.2) is 19.5 Å². The number of carbonyl (C=O) groups is 1. The molecule has 3 aromatic carbocycles. The maximum absolute atomic E-state index is 12.3. The highest BCUT2D eigenvalue weighted by atomic mass is 16.2. The van der Waals surface area contributed by atoms with Crippen molar-refractivity contribution >= 4 is 22.4 Å². The number of nitriles is 1. The molecule has 4 heteroatoms. The average molecular weight is 330 g/mol. The molecule has 0 aliphatic heterocycles. The van der Waals surface area contributed by atoms with Gasteiger partial charge in [0.2, 0.25) is 0 Å². The topological polar surface area (TPSA) is 57.3 Å². The van der Waals surface area contributed by atoms with Gasteiger partial charge in [0.25, 0.3) is 5.91 Å². The van der Waals surface area contributed by atoms with Gasteiger partial charge in [0.05, 0.1) is 18.3 Å². The van der Waals surface area contributed by atoms with E-state index in [1.54, 1.807) is 18.2 Å². The molecule has 3 aromatic rings. The van der Waals surface area contributed by atoms with E-state index in [-0.39, 0.29) is 5.91 Å². The second-order valence-electron chi connectivity index (χ2n) is 6.20. The van der Waals surface area contributed by atoms with E-state index in [9.17, 15) is 4.79 Å². The van der Waals surface area contributed by atoms with Crippen LogP contribution in [0.1, 0.15) is 11.1 Å². The van der Waals surface area contributed by atoms with Crippen molar-refractivity contribution in [3.05, 3.63) is 77.9 Å². The highest BCUT2D eigenvalue weighted by molar-refractivity contribution is 5.92. The number of likely N-dealkylation sites (N-methyl/N-ethyl adjacent to an activating group) is 1. The number of carbonyl (C=O) groups excluding carboxylic acids is 1. The van der Waals surface area contributed by atoms with Crippen LogP contribution in [0.15, 0.2) is 66.7 Å². The standard InChI is InChI=1S/C21H19N3O/c1-24(14-16-10-11-17-6-2-3-7-18(17)12-16)15-21(25)23-20-9-5-4-8-19(20)13-22/h2-12H,14-15H2,1H3,(H,23,25)/p+1. The third-order valence-corrected chi connectivity index (χ3v) is 4.10. The maximum atomic E-state index is 12.3. The summed E-state index contributed by atoms with van der Waals surface area (Å²) in [5.41, 5.74) is 2.23. The van der Waals surface area contributed by atoms with Crippen molar-refractivity contribution in [3.63, 3.8) is 0 Å². The molecule has 3 rings (SSSR count). The lowest BCUT2D eigenvalue weighted by atomic mass is 10.1. The van der Waals surface area contributed by atoms with Crippen molar-refractivity contribution in [2.24, 2.45) is 0 Å². The van der Waals surface area contributed by atoms with Crippen LogP contribution in [0.25, 0.3) is 10.8 Å². The van der Waals surface area contributed by atoms with Gasteiger partial charge in [-0.2, -0.15) is 5.26 Å². The first-order valence-electron chi connectivity index (χ1n) is 8.23. The number of rotatable bonds is 5. The van der Waals surface area contributed by atoms with Gasteiger partial charge >= 0.3 is 0 Å². The van der Waals surface area contributed by atoms with Crippen LogP contribution in [0.3, 0.4) is 0 Å². The second kappa shape index (κ2) is 7.61. The Morgan fingerprint density at radius 3 is 2.56 bits per heavy atom. The van der Waals surface area contributed by atoms with Crippen molar-refractivity contribution in [2.75, 3.05) is 18.9 Å². The van der Waals surface area contributed by atoms with Crippen LogP contribution in [0.2, 0.25) is 0 Å². The molecule has 0 aliphatic carbocycles. The highest BCUT2D eigenvalue weighted by Crippen LogP contribution is 2.15. The van der Waals surface area contributed by atoms with Gasteiger partial charge in [-0.05, 0) is 29.0 Å². The Kier molecular flexibility index (Phi) is 5.08. The number of hydrogen-bond acceptors (Lipinski definition) is 2. The quantitative estimate of drug-likeness (QED) is 0.754. The fourth-order valence-corrected chi connectivity index (χ4v) is 2.92. The Labute approximate surface area is 147 Å². The summed E-state index contributed by atoms with van der Waals surface area (Å²) in [5.74, 6) is -0.0963. The Hall–Kier alpha value is -3.16. The number of anilines is 1. The van der Waals surface area contributed by atoms with Gasteiger partial charge in [-0.1, -0.05) is 48.5 Å². The maximum Gasteiger partial charge on any atom is 0.279 e. The second-order valence-corrected chi connectivity index (χ2v) is 6.20. The Morgan fingerprint density at radius 1 is 1.04 bits per heavy atom. The van der Waals surface area contributed by atoms with Crippen molar-refractivity contribution in [1.82, 2.24) is 0 Å². The third-order valence-electron chi connectivity index (χ3n) is 4.10. The average Bonchev–Trinajstić information content (AvgIpc) is 2.62. The third kappa shape index (κ3) is 4.23. The zero-order valence-corrected chi connectivity index (χ0v) is 14.1. The lowest BCUT2D eigenvalue weighted by Crippen LogP contribution is -3.08. The molecular weight excluding hydrogens is 310 g/mol. The predicted molar refractivity (Wildman–Crippen MR) is 99.2 cm³/mol. The van der Waals surface area contributed by atoms with E-state index in [1.807, 2.05) is 25.2 Å². The molecule has 0 saturated carbocycles. The molecule has 0 radical (unpaired) electrons. The van der Waals surface area contributed by atoms with Crippen molar-refractivity contribution in [3.8, 4) is 6.07 Å². The van der Waals surface area contributed by atoms with E-state index < -0.39 is 0 Å². The number of fused-ring (bicyclic) bond motifs is 1. The molecule has 2 N–H and O–H groups in total. The number of benzene rings is 3. The number of nitrogens with one attached hydrogen (secondary N) is 2. The zero-order valence-electron chi connectivity index (χ0n) is 14.1. The minimum atomic E-state index is -0.0963. The van der Waals surface area contributed by atoms with Gasteiger partial charge in [-0.15, -0.1) is 0 Å². The Morgan fingerprint density at radius 2 is 1.76 bits per heavy atom. The summed E-state index contributed by atoms with van der Waals surface area (Å²) < 4.78 is 0. The van der Waals surface area contributed by atoms with E-state index in [4.69, 9.17) is 5.26 Å². The number of amides is 1. The van der Waals surface area contributed by atoms with Crippen LogP contribution in [0.4, 0.5) is 5.69 Å². The van der Waals surface area contributed by atoms with Gasteiger partial charge in [-0.25, -0.2) is 0 Å². The van der Waals surface area contributed by atoms with Gasteiger partial charge in [-0.3, -0.25) is 4.79 Å². The molecule has 0 heterocycles. The monoisotopic (exact) mass is 330 g/mol. The van der Waals surface area contributed by atoms with Crippen molar-refractivity contribution in [2.45, 2.75) is 6.54 Å². The SMILES string of the molecule is C[NH+](CC(=O)Nc1ccccc1C#N)Cc1ccc2ccccc2c1. The van der Waals surface area contributed by atoms with E-state index in [2.05, 4.69) is 41.7 Å². The lowest BCUT2D eigenvalue weighted by Gasteiger charge is -2.14. The minimum absolute atomic E-state index is 0.0963. The Balaban J connectivity index is 1.62. The molecule has 0 aromatic heterocycles. The smallest absolute Gasteiger partial charge is 0.279 e. The molecule has 1 unspecified atom stereocenters. The molecule has 0 aliphatic rings. The number of para-hydroxylation sites is 1. The molecule has 124 valence electrons. The van der Waals surface area contributed by atoms with E-state index >= 15 is 0 Å². The van der Waals surface area contributed by atoms with E-state index in [0.717, 1.165) is 11.4 Å². The summed E-state index contributed by atoms with van der Waals surface area (Å²) in [4.78, 5) is 13.3. The van der Waals surface area contributed by atoms with Gasteiger partial charge < -0.3 is 10.2 Å². The Bertz CT molecular complexity index is 943. The first kappa shape index (κ1) is 16.7. The molecule has 0 bridgehead atoms. The van der Waals surface area contributed by atoms with Gasteiger partial charge in [0, 0.05) is 5.56 Å². The normalized spacial score (nSPS) is 11.7. The van der Waals surface area contributed by atoms with Gasteiger partial charge in [0.1, 0.15) is 12.6 Å². The molecule has 0 fully saturated rings. The number of nitrogens with zero attached hydrogens (tertiary/aromatic N) is 1. The van der Waals surface area contributed by atoms with Crippen LogP contribution >= 0.6 is 0 Å².